The first-order valence-electron chi connectivity index (χ1n) is 8.26. The number of benzene rings is 1. The SMILES string of the molecule is O=C1c2oc3ccc(F)cc3c(=O)c2C(c2cccs2)N1Cc1ccco1. The summed E-state index contributed by atoms with van der Waals surface area (Å²) in [5.74, 6) is -0.313. The molecule has 0 N–H and O–H groups in total. The van der Waals surface area contributed by atoms with Crippen LogP contribution in [0.4, 0.5) is 4.39 Å². The Balaban J connectivity index is 1.75. The van der Waals surface area contributed by atoms with Gasteiger partial charge in [-0.1, -0.05) is 6.07 Å². The number of nitrogens with zero attached hydrogens (tertiary/aromatic N) is 1. The van der Waals surface area contributed by atoms with Crippen LogP contribution >= 0.6 is 11.3 Å². The molecule has 134 valence electrons. The van der Waals surface area contributed by atoms with E-state index in [0.717, 1.165) is 10.9 Å². The van der Waals surface area contributed by atoms with E-state index < -0.39 is 11.9 Å². The summed E-state index contributed by atoms with van der Waals surface area (Å²) in [6.45, 7) is 0.197. The summed E-state index contributed by atoms with van der Waals surface area (Å²) in [6, 6.07) is 10.3. The highest BCUT2D eigenvalue weighted by Crippen LogP contribution is 2.40. The molecule has 0 radical (unpaired) electrons. The second-order valence-electron chi connectivity index (χ2n) is 6.24. The average Bonchev–Trinajstić information content (AvgIpc) is 3.40. The quantitative estimate of drug-likeness (QED) is 0.530. The van der Waals surface area contributed by atoms with Crippen LogP contribution in [0.5, 0.6) is 0 Å². The summed E-state index contributed by atoms with van der Waals surface area (Å²) in [4.78, 5) is 28.6. The summed E-state index contributed by atoms with van der Waals surface area (Å²) in [7, 11) is 0. The van der Waals surface area contributed by atoms with Gasteiger partial charge in [0.25, 0.3) is 5.91 Å². The maximum atomic E-state index is 13.7. The number of halogens is 1. The summed E-state index contributed by atoms with van der Waals surface area (Å²) in [6.07, 6.45) is 1.53. The highest BCUT2D eigenvalue weighted by molar-refractivity contribution is 7.10. The Labute approximate surface area is 156 Å². The van der Waals surface area contributed by atoms with Crippen LogP contribution in [0.15, 0.2) is 67.7 Å². The van der Waals surface area contributed by atoms with Crippen molar-refractivity contribution in [2.45, 2.75) is 12.6 Å². The molecule has 1 aliphatic heterocycles. The van der Waals surface area contributed by atoms with Crippen molar-refractivity contribution in [3.8, 4) is 0 Å². The molecule has 1 aromatic carbocycles. The summed E-state index contributed by atoms with van der Waals surface area (Å²) < 4.78 is 24.8. The summed E-state index contributed by atoms with van der Waals surface area (Å²) in [5, 5.41) is 2.01. The Morgan fingerprint density at radius 1 is 1.15 bits per heavy atom. The zero-order valence-corrected chi connectivity index (χ0v) is 14.7. The molecule has 1 unspecified atom stereocenters. The molecule has 1 atom stereocenters. The lowest BCUT2D eigenvalue weighted by atomic mass is 10.0. The Kier molecular flexibility index (Phi) is 3.51. The van der Waals surface area contributed by atoms with Crippen LogP contribution in [0, 0.1) is 5.82 Å². The van der Waals surface area contributed by atoms with Gasteiger partial charge in [0.15, 0.2) is 5.43 Å². The van der Waals surface area contributed by atoms with E-state index in [1.807, 2.05) is 17.5 Å². The van der Waals surface area contributed by atoms with Crippen LogP contribution in [-0.2, 0) is 6.54 Å². The van der Waals surface area contributed by atoms with Gasteiger partial charge in [-0.2, -0.15) is 0 Å². The fourth-order valence-electron chi connectivity index (χ4n) is 3.47. The van der Waals surface area contributed by atoms with Crippen molar-refractivity contribution in [1.29, 1.82) is 0 Å². The Hall–Kier alpha value is -3.19. The van der Waals surface area contributed by atoms with Crippen molar-refractivity contribution in [3.63, 3.8) is 0 Å². The molecule has 0 bridgehead atoms. The molecular formula is C20H12FNO4S. The van der Waals surface area contributed by atoms with Gasteiger partial charge in [0.2, 0.25) is 5.76 Å². The topological polar surface area (TPSA) is 63.7 Å². The molecule has 0 spiro atoms. The van der Waals surface area contributed by atoms with Crippen LogP contribution in [0.1, 0.15) is 32.8 Å². The first kappa shape index (κ1) is 16.0. The summed E-state index contributed by atoms with van der Waals surface area (Å²) in [5.41, 5.74) is 0.0461. The van der Waals surface area contributed by atoms with Crippen LogP contribution in [0.25, 0.3) is 11.0 Å². The molecule has 0 saturated carbocycles. The molecule has 5 nitrogen and oxygen atoms in total. The fourth-order valence-corrected chi connectivity index (χ4v) is 4.31. The van der Waals surface area contributed by atoms with E-state index in [-0.39, 0.29) is 40.2 Å². The first-order valence-corrected chi connectivity index (χ1v) is 9.14. The van der Waals surface area contributed by atoms with E-state index in [1.165, 1.54) is 29.7 Å². The number of carbonyl (C=O) groups excluding carboxylic acids is 1. The normalized spacial score (nSPS) is 16.3. The maximum Gasteiger partial charge on any atom is 0.291 e. The van der Waals surface area contributed by atoms with Crippen LogP contribution in [0.3, 0.4) is 0 Å². The van der Waals surface area contributed by atoms with Gasteiger partial charge in [0, 0.05) is 4.88 Å². The van der Waals surface area contributed by atoms with Crippen LogP contribution < -0.4 is 5.43 Å². The molecule has 1 aliphatic rings. The molecule has 5 rings (SSSR count). The lowest BCUT2D eigenvalue weighted by Gasteiger charge is -2.22. The molecule has 0 saturated heterocycles. The number of carbonyl (C=O) groups is 1. The molecule has 4 aromatic rings. The number of hydrogen-bond donors (Lipinski definition) is 0. The summed E-state index contributed by atoms with van der Waals surface area (Å²) >= 11 is 1.44. The molecular weight excluding hydrogens is 369 g/mol. The lowest BCUT2D eigenvalue weighted by molar-refractivity contribution is 0.0703. The van der Waals surface area contributed by atoms with Crippen molar-refractivity contribution in [2.75, 3.05) is 0 Å². The van der Waals surface area contributed by atoms with Crippen LogP contribution in [-0.4, -0.2) is 10.8 Å². The number of fused-ring (bicyclic) bond motifs is 2. The van der Waals surface area contributed by atoms with E-state index in [2.05, 4.69) is 0 Å². The van der Waals surface area contributed by atoms with Crippen molar-refractivity contribution in [2.24, 2.45) is 0 Å². The molecule has 4 heterocycles. The monoisotopic (exact) mass is 381 g/mol. The zero-order chi connectivity index (χ0) is 18.5. The van der Waals surface area contributed by atoms with Crippen LogP contribution in [0.2, 0.25) is 0 Å². The maximum absolute atomic E-state index is 13.7. The zero-order valence-electron chi connectivity index (χ0n) is 13.8. The number of furan rings is 1. The Bertz CT molecular complexity index is 1210. The third-order valence-corrected chi connectivity index (χ3v) is 5.57. The molecule has 27 heavy (non-hydrogen) atoms. The molecule has 0 fully saturated rings. The van der Waals surface area contributed by atoms with Gasteiger partial charge < -0.3 is 13.7 Å². The fraction of sp³-hybridized carbons (Fsp3) is 0.100. The van der Waals surface area contributed by atoms with Crippen molar-refractivity contribution < 1.29 is 18.0 Å². The van der Waals surface area contributed by atoms with E-state index in [4.69, 9.17) is 8.83 Å². The van der Waals surface area contributed by atoms with Gasteiger partial charge in [-0.25, -0.2) is 4.39 Å². The average molecular weight is 381 g/mol. The minimum Gasteiger partial charge on any atom is -0.467 e. The van der Waals surface area contributed by atoms with E-state index in [9.17, 15) is 14.0 Å². The lowest BCUT2D eigenvalue weighted by Crippen LogP contribution is -2.28. The number of hydrogen-bond acceptors (Lipinski definition) is 5. The van der Waals surface area contributed by atoms with Gasteiger partial charge in [-0.15, -0.1) is 11.3 Å². The van der Waals surface area contributed by atoms with Gasteiger partial charge in [0.05, 0.1) is 23.8 Å². The molecule has 0 aliphatic carbocycles. The Morgan fingerprint density at radius 3 is 2.78 bits per heavy atom. The number of thiophene rings is 1. The van der Waals surface area contributed by atoms with Gasteiger partial charge in [0.1, 0.15) is 23.2 Å². The second kappa shape index (κ2) is 5.92. The predicted molar refractivity (Wildman–Crippen MR) is 97.2 cm³/mol. The van der Waals surface area contributed by atoms with Gasteiger partial charge in [-0.05, 0) is 41.8 Å². The molecule has 3 aromatic heterocycles. The van der Waals surface area contributed by atoms with E-state index in [0.29, 0.717) is 5.76 Å². The standard InChI is InChI=1S/C20H12FNO4S/c21-11-5-6-14-13(9-11)18(23)16-17(15-4-2-8-27-15)22(20(24)19(16)26-14)10-12-3-1-7-25-12/h1-9,17H,10H2. The largest absolute Gasteiger partial charge is 0.467 e. The second-order valence-corrected chi connectivity index (χ2v) is 7.22. The third kappa shape index (κ3) is 2.43. The van der Waals surface area contributed by atoms with Crippen molar-refractivity contribution >= 4 is 28.2 Å². The highest BCUT2D eigenvalue weighted by Gasteiger charge is 2.43. The molecule has 1 amide bonds. The Morgan fingerprint density at radius 2 is 2.04 bits per heavy atom. The highest BCUT2D eigenvalue weighted by atomic mass is 32.1. The van der Waals surface area contributed by atoms with Crippen molar-refractivity contribution in [3.05, 3.63) is 92.1 Å². The third-order valence-electron chi connectivity index (χ3n) is 4.65. The van der Waals surface area contributed by atoms with E-state index >= 15 is 0 Å². The first-order chi connectivity index (χ1) is 13.1. The van der Waals surface area contributed by atoms with Gasteiger partial charge >= 0.3 is 0 Å². The van der Waals surface area contributed by atoms with E-state index in [1.54, 1.807) is 17.0 Å². The minimum atomic E-state index is -0.596. The van der Waals surface area contributed by atoms with Crippen molar-refractivity contribution in [1.82, 2.24) is 4.90 Å². The smallest absolute Gasteiger partial charge is 0.291 e. The predicted octanol–water partition coefficient (Wildman–Crippen LogP) is 4.33. The number of rotatable bonds is 3. The number of amides is 1. The minimum absolute atomic E-state index is 0.00376. The van der Waals surface area contributed by atoms with Gasteiger partial charge in [-0.3, -0.25) is 9.59 Å². The molecule has 7 heteroatoms.